The van der Waals surface area contributed by atoms with E-state index in [0.717, 1.165) is 19.1 Å². The molecule has 0 aromatic heterocycles. The topological polar surface area (TPSA) is 35.2 Å². The maximum Gasteiger partial charge on any atom is 0.0466 e. The van der Waals surface area contributed by atoms with Crippen molar-refractivity contribution in [1.29, 1.82) is 0 Å². The van der Waals surface area contributed by atoms with Gasteiger partial charge in [0.2, 0.25) is 0 Å². The number of rotatable bonds is 5. The minimum atomic E-state index is 0.497. The molecule has 0 aliphatic heterocycles. The van der Waals surface area contributed by atoms with Gasteiger partial charge in [-0.15, -0.1) is 0 Å². The van der Waals surface area contributed by atoms with E-state index in [2.05, 4.69) is 0 Å². The SMILES string of the molecule is CCOCCCC1CCC1N. The molecular formula is C9H19NO. The van der Waals surface area contributed by atoms with Crippen LogP contribution in [0.4, 0.5) is 0 Å². The van der Waals surface area contributed by atoms with Crippen molar-refractivity contribution < 1.29 is 4.74 Å². The molecule has 2 nitrogen and oxygen atoms in total. The van der Waals surface area contributed by atoms with Crippen molar-refractivity contribution in [3.8, 4) is 0 Å². The second kappa shape index (κ2) is 4.73. The molecule has 1 fully saturated rings. The molecule has 2 N–H and O–H groups in total. The Balaban J connectivity index is 1.87. The molecule has 1 rings (SSSR count). The fourth-order valence-electron chi connectivity index (χ4n) is 1.55. The third-order valence-corrected chi connectivity index (χ3v) is 2.54. The number of hydrogen-bond acceptors (Lipinski definition) is 2. The number of hydrogen-bond donors (Lipinski definition) is 1. The lowest BCUT2D eigenvalue weighted by Gasteiger charge is -2.33. The summed E-state index contributed by atoms with van der Waals surface area (Å²) < 4.78 is 5.25. The van der Waals surface area contributed by atoms with Gasteiger partial charge in [-0.3, -0.25) is 0 Å². The maximum absolute atomic E-state index is 5.80. The molecule has 0 radical (unpaired) electrons. The average Bonchev–Trinajstić information content (AvgIpc) is 2.02. The highest BCUT2D eigenvalue weighted by Crippen LogP contribution is 2.29. The van der Waals surface area contributed by atoms with E-state index in [1.165, 1.54) is 25.7 Å². The second-order valence-corrected chi connectivity index (χ2v) is 3.34. The highest BCUT2D eigenvalue weighted by atomic mass is 16.5. The van der Waals surface area contributed by atoms with Gasteiger partial charge in [0.05, 0.1) is 0 Å². The van der Waals surface area contributed by atoms with Crippen molar-refractivity contribution in [1.82, 2.24) is 0 Å². The van der Waals surface area contributed by atoms with E-state index in [-0.39, 0.29) is 0 Å². The monoisotopic (exact) mass is 157 g/mol. The number of nitrogens with two attached hydrogens (primary N) is 1. The van der Waals surface area contributed by atoms with Crippen LogP contribution in [0.3, 0.4) is 0 Å². The Bertz CT molecular complexity index is 106. The van der Waals surface area contributed by atoms with Crippen molar-refractivity contribution in [3.63, 3.8) is 0 Å². The fourth-order valence-corrected chi connectivity index (χ4v) is 1.55. The predicted molar refractivity (Wildman–Crippen MR) is 46.4 cm³/mol. The molecule has 2 atom stereocenters. The summed E-state index contributed by atoms with van der Waals surface area (Å²) in [5.41, 5.74) is 5.80. The van der Waals surface area contributed by atoms with Gasteiger partial charge in [-0.25, -0.2) is 0 Å². The largest absolute Gasteiger partial charge is 0.382 e. The van der Waals surface area contributed by atoms with Gasteiger partial charge < -0.3 is 10.5 Å². The van der Waals surface area contributed by atoms with E-state index in [9.17, 15) is 0 Å². The smallest absolute Gasteiger partial charge is 0.0466 e. The van der Waals surface area contributed by atoms with Crippen LogP contribution in [0.15, 0.2) is 0 Å². The molecule has 0 saturated heterocycles. The minimum Gasteiger partial charge on any atom is -0.382 e. The molecule has 0 heterocycles. The van der Waals surface area contributed by atoms with Gasteiger partial charge in [-0.2, -0.15) is 0 Å². The zero-order valence-electron chi connectivity index (χ0n) is 7.38. The van der Waals surface area contributed by atoms with Crippen LogP contribution in [0.5, 0.6) is 0 Å². The van der Waals surface area contributed by atoms with Crippen LogP contribution in [0.25, 0.3) is 0 Å². The third-order valence-electron chi connectivity index (χ3n) is 2.54. The molecule has 2 heteroatoms. The van der Waals surface area contributed by atoms with Crippen LogP contribution >= 0.6 is 0 Å². The standard InChI is InChI=1S/C9H19NO/c1-2-11-7-3-4-8-5-6-9(8)10/h8-9H,2-7,10H2,1H3. The van der Waals surface area contributed by atoms with E-state index in [1.54, 1.807) is 0 Å². The van der Waals surface area contributed by atoms with Crippen molar-refractivity contribution in [2.24, 2.45) is 11.7 Å². The van der Waals surface area contributed by atoms with Crippen molar-refractivity contribution in [3.05, 3.63) is 0 Å². The van der Waals surface area contributed by atoms with Crippen molar-refractivity contribution >= 4 is 0 Å². The first-order valence-electron chi connectivity index (χ1n) is 4.68. The van der Waals surface area contributed by atoms with Crippen LogP contribution in [0.2, 0.25) is 0 Å². The van der Waals surface area contributed by atoms with Gasteiger partial charge in [0.25, 0.3) is 0 Å². The highest BCUT2D eigenvalue weighted by molar-refractivity contribution is 4.83. The van der Waals surface area contributed by atoms with Gasteiger partial charge in [-0.05, 0) is 38.5 Å². The van der Waals surface area contributed by atoms with Crippen LogP contribution in [-0.4, -0.2) is 19.3 Å². The molecule has 0 amide bonds. The fraction of sp³-hybridized carbons (Fsp3) is 1.00. The van der Waals surface area contributed by atoms with E-state index >= 15 is 0 Å². The summed E-state index contributed by atoms with van der Waals surface area (Å²) in [5, 5.41) is 0. The van der Waals surface area contributed by atoms with Gasteiger partial charge in [-0.1, -0.05) is 0 Å². The zero-order chi connectivity index (χ0) is 8.10. The Morgan fingerprint density at radius 1 is 1.45 bits per heavy atom. The van der Waals surface area contributed by atoms with Crippen LogP contribution in [0.1, 0.15) is 32.6 Å². The Morgan fingerprint density at radius 2 is 2.27 bits per heavy atom. The first-order valence-corrected chi connectivity index (χ1v) is 4.68. The summed E-state index contributed by atoms with van der Waals surface area (Å²) in [6.07, 6.45) is 5.03. The molecule has 11 heavy (non-hydrogen) atoms. The Kier molecular flexibility index (Phi) is 3.87. The Hall–Kier alpha value is -0.0800. The molecule has 1 aliphatic rings. The quantitative estimate of drug-likeness (QED) is 0.614. The van der Waals surface area contributed by atoms with Crippen LogP contribution < -0.4 is 5.73 Å². The lowest BCUT2D eigenvalue weighted by atomic mass is 9.77. The lowest BCUT2D eigenvalue weighted by Crippen LogP contribution is -2.39. The Morgan fingerprint density at radius 3 is 2.73 bits per heavy atom. The molecular weight excluding hydrogens is 138 g/mol. The van der Waals surface area contributed by atoms with E-state index in [0.29, 0.717) is 6.04 Å². The van der Waals surface area contributed by atoms with Gasteiger partial charge >= 0.3 is 0 Å². The van der Waals surface area contributed by atoms with Crippen LogP contribution in [-0.2, 0) is 4.74 Å². The van der Waals surface area contributed by atoms with Gasteiger partial charge in [0.15, 0.2) is 0 Å². The van der Waals surface area contributed by atoms with Crippen molar-refractivity contribution in [2.75, 3.05) is 13.2 Å². The number of ether oxygens (including phenoxy) is 1. The molecule has 2 unspecified atom stereocenters. The predicted octanol–water partition coefficient (Wildman–Crippen LogP) is 1.54. The van der Waals surface area contributed by atoms with Gasteiger partial charge in [0.1, 0.15) is 0 Å². The van der Waals surface area contributed by atoms with E-state index < -0.39 is 0 Å². The summed E-state index contributed by atoms with van der Waals surface area (Å²) in [7, 11) is 0. The first kappa shape index (κ1) is 9.01. The summed E-state index contributed by atoms with van der Waals surface area (Å²) >= 11 is 0. The molecule has 0 aromatic rings. The molecule has 0 aromatic carbocycles. The third kappa shape index (κ3) is 2.80. The van der Waals surface area contributed by atoms with E-state index in [1.807, 2.05) is 6.92 Å². The summed E-state index contributed by atoms with van der Waals surface area (Å²) in [4.78, 5) is 0. The normalized spacial score (nSPS) is 30.0. The molecule has 1 saturated carbocycles. The summed E-state index contributed by atoms with van der Waals surface area (Å²) in [6, 6.07) is 0.497. The highest BCUT2D eigenvalue weighted by Gasteiger charge is 2.26. The zero-order valence-corrected chi connectivity index (χ0v) is 7.38. The first-order chi connectivity index (χ1) is 5.34. The van der Waals surface area contributed by atoms with Gasteiger partial charge in [0, 0.05) is 19.3 Å². The molecule has 0 spiro atoms. The molecule has 0 bridgehead atoms. The van der Waals surface area contributed by atoms with Crippen molar-refractivity contribution in [2.45, 2.75) is 38.6 Å². The average molecular weight is 157 g/mol. The second-order valence-electron chi connectivity index (χ2n) is 3.34. The Labute approximate surface area is 69.1 Å². The van der Waals surface area contributed by atoms with E-state index in [4.69, 9.17) is 10.5 Å². The summed E-state index contributed by atoms with van der Waals surface area (Å²) in [6.45, 7) is 3.80. The molecule has 1 aliphatic carbocycles. The minimum absolute atomic E-state index is 0.497. The lowest BCUT2D eigenvalue weighted by molar-refractivity contribution is 0.129. The van der Waals surface area contributed by atoms with Crippen LogP contribution in [0, 0.1) is 5.92 Å². The molecule has 66 valence electrons. The maximum atomic E-state index is 5.80. The summed E-state index contributed by atoms with van der Waals surface area (Å²) in [5.74, 6) is 0.801.